The van der Waals surface area contributed by atoms with Gasteiger partial charge in [-0.05, 0) is 54.5 Å². The largest absolute Gasteiger partial charge is 0.493 e. The number of nitrogens with one attached hydrogen (secondary N) is 2. The van der Waals surface area contributed by atoms with Gasteiger partial charge in [0.25, 0.3) is 0 Å². The Hall–Kier alpha value is -2.12. The highest BCUT2D eigenvalue weighted by Crippen LogP contribution is 2.33. The van der Waals surface area contributed by atoms with Crippen LogP contribution in [0.1, 0.15) is 56.3 Å². The van der Waals surface area contributed by atoms with E-state index in [1.807, 2.05) is 0 Å². The van der Waals surface area contributed by atoms with Crippen LogP contribution in [0.2, 0.25) is 0 Å². The Labute approximate surface area is 200 Å². The lowest BCUT2D eigenvalue weighted by atomic mass is 9.95. The number of carbonyl (C=O) groups excluding carboxylic acids is 1. The van der Waals surface area contributed by atoms with Crippen molar-refractivity contribution in [1.82, 2.24) is 10.6 Å². The summed E-state index contributed by atoms with van der Waals surface area (Å²) < 4.78 is 33.1. The molecule has 2 aromatic carbocycles. The maximum Gasteiger partial charge on any atom is 0.217 e. The van der Waals surface area contributed by atoms with E-state index in [0.29, 0.717) is 24.6 Å². The number of halogens is 2. The van der Waals surface area contributed by atoms with E-state index >= 15 is 0 Å². The van der Waals surface area contributed by atoms with E-state index in [4.69, 9.17) is 17.4 Å². The number of rotatable bonds is 10. The minimum atomic E-state index is -0.632. The summed E-state index contributed by atoms with van der Waals surface area (Å²) >= 11 is 4.73. The van der Waals surface area contributed by atoms with Crippen molar-refractivity contribution in [2.75, 3.05) is 13.2 Å². The van der Waals surface area contributed by atoms with Gasteiger partial charge in [-0.3, -0.25) is 4.79 Å². The minimum absolute atomic E-state index is 0.118. The summed E-state index contributed by atoms with van der Waals surface area (Å²) in [4.78, 5) is 11.8. The molecule has 0 saturated carbocycles. The summed E-state index contributed by atoms with van der Waals surface area (Å²) in [5, 5.41) is 6.21. The van der Waals surface area contributed by atoms with E-state index in [9.17, 15) is 13.6 Å². The van der Waals surface area contributed by atoms with Gasteiger partial charge in [-0.25, -0.2) is 8.78 Å². The molecule has 0 saturated heterocycles. The minimum Gasteiger partial charge on any atom is -0.493 e. The molecule has 2 aromatic rings. The fourth-order valence-electron chi connectivity index (χ4n) is 4.20. The molecular weight excluding hydrogens is 442 g/mol. The highest BCUT2D eigenvalue weighted by atomic mass is 32.1. The molecule has 0 aliphatic carbocycles. The molecule has 1 heterocycles. The van der Waals surface area contributed by atoms with Crippen LogP contribution in [0.3, 0.4) is 0 Å². The molecule has 3 rings (SSSR count). The van der Waals surface area contributed by atoms with Crippen LogP contribution < -0.4 is 15.4 Å². The molecular formula is C26H34F2N2O2S. The van der Waals surface area contributed by atoms with Crippen LogP contribution in [0.25, 0.3) is 0 Å². The predicted octanol–water partition coefficient (Wildman–Crippen LogP) is 5.01. The second-order valence-corrected chi connectivity index (χ2v) is 9.92. The van der Waals surface area contributed by atoms with Gasteiger partial charge in [0.05, 0.1) is 6.61 Å². The number of benzene rings is 2. The average Bonchev–Trinajstić information content (AvgIpc) is 2.74. The molecule has 2 N–H and O–H groups in total. The first-order valence-corrected chi connectivity index (χ1v) is 12.1. The number of aryl methyl sites for hydroxylation is 1. The molecule has 3 unspecified atom stereocenters. The van der Waals surface area contributed by atoms with Crippen molar-refractivity contribution in [3.8, 4) is 5.75 Å². The van der Waals surface area contributed by atoms with Gasteiger partial charge < -0.3 is 15.4 Å². The normalized spacial score (nSPS) is 17.2. The van der Waals surface area contributed by atoms with Gasteiger partial charge in [-0.1, -0.05) is 26.0 Å². The molecule has 1 aliphatic rings. The van der Waals surface area contributed by atoms with E-state index < -0.39 is 11.6 Å². The molecule has 1 amide bonds. The summed E-state index contributed by atoms with van der Waals surface area (Å²) in [6.45, 7) is 7.03. The molecule has 0 bridgehead atoms. The number of thiol groups is 1. The number of fused-ring (bicyclic) bond motifs is 1. The van der Waals surface area contributed by atoms with Gasteiger partial charge in [0.1, 0.15) is 17.4 Å². The molecule has 0 aromatic heterocycles. The van der Waals surface area contributed by atoms with Gasteiger partial charge >= 0.3 is 0 Å². The topological polar surface area (TPSA) is 50.4 Å². The second kappa shape index (κ2) is 11.8. The second-order valence-electron chi connectivity index (χ2n) is 9.26. The lowest BCUT2D eigenvalue weighted by molar-refractivity contribution is -0.119. The molecule has 0 radical (unpaired) electrons. The van der Waals surface area contributed by atoms with Crippen LogP contribution in [0, 0.1) is 17.6 Å². The Morgan fingerprint density at radius 3 is 2.55 bits per heavy atom. The third-order valence-electron chi connectivity index (χ3n) is 5.93. The zero-order valence-corrected chi connectivity index (χ0v) is 20.4. The average molecular weight is 477 g/mol. The summed E-state index contributed by atoms with van der Waals surface area (Å²) in [5.41, 5.74) is 2.93. The third kappa shape index (κ3) is 7.71. The Balaban J connectivity index is 1.68. The number of amides is 1. The van der Waals surface area contributed by atoms with E-state index in [1.54, 1.807) is 0 Å². The predicted molar refractivity (Wildman–Crippen MR) is 131 cm³/mol. The van der Waals surface area contributed by atoms with Gasteiger partial charge in [-0.15, -0.1) is 0 Å². The maximum atomic E-state index is 13.6. The highest BCUT2D eigenvalue weighted by molar-refractivity contribution is 7.81. The fourth-order valence-corrected chi connectivity index (χ4v) is 4.48. The fraction of sp³-hybridized carbons (Fsp3) is 0.500. The Morgan fingerprint density at radius 1 is 1.15 bits per heavy atom. The van der Waals surface area contributed by atoms with Crippen molar-refractivity contribution in [2.45, 2.75) is 63.8 Å². The molecule has 180 valence electrons. The number of ether oxygens (including phenoxy) is 1. The quantitative estimate of drug-likeness (QED) is 0.423. The molecule has 7 heteroatoms. The van der Waals surface area contributed by atoms with E-state index in [2.05, 4.69) is 42.7 Å². The zero-order chi connectivity index (χ0) is 24.0. The highest BCUT2D eigenvalue weighted by Gasteiger charge is 2.25. The number of hydrogen-bond acceptors (Lipinski definition) is 4. The van der Waals surface area contributed by atoms with Crippen LogP contribution in [0.4, 0.5) is 8.78 Å². The van der Waals surface area contributed by atoms with Crippen molar-refractivity contribution in [3.05, 3.63) is 64.7 Å². The molecule has 4 nitrogen and oxygen atoms in total. The maximum absolute atomic E-state index is 13.6. The van der Waals surface area contributed by atoms with Crippen molar-refractivity contribution < 1.29 is 18.3 Å². The first kappa shape index (κ1) is 25.5. The third-order valence-corrected chi connectivity index (χ3v) is 6.47. The van der Waals surface area contributed by atoms with Crippen LogP contribution in [-0.4, -0.2) is 30.4 Å². The zero-order valence-electron chi connectivity index (χ0n) is 19.5. The first-order chi connectivity index (χ1) is 15.7. The number of carbonyl (C=O) groups is 1. The van der Waals surface area contributed by atoms with Crippen molar-refractivity contribution in [3.63, 3.8) is 0 Å². The van der Waals surface area contributed by atoms with Crippen LogP contribution in [-0.2, 0) is 17.6 Å². The monoisotopic (exact) mass is 476 g/mol. The van der Waals surface area contributed by atoms with E-state index in [1.165, 1.54) is 24.6 Å². The van der Waals surface area contributed by atoms with Crippen molar-refractivity contribution in [1.29, 1.82) is 0 Å². The lowest BCUT2D eigenvalue weighted by Gasteiger charge is -2.30. The van der Waals surface area contributed by atoms with Crippen molar-refractivity contribution >= 4 is 18.5 Å². The SMILES string of the molecule is CC(=O)NC(Cc1cc(F)cc(F)c1)C(S)CNC1CCOc2ccc(CCC(C)C)cc21. The molecule has 1 aliphatic heterocycles. The van der Waals surface area contributed by atoms with Gasteiger partial charge in [-0.2, -0.15) is 12.6 Å². The standard InChI is InChI=1S/C26H34F2N2O2S/c1-16(2)4-5-18-6-7-25-22(12-18)23(8-9-32-25)29-15-26(33)24(30-17(3)31)13-19-10-20(27)14-21(28)11-19/h6-7,10-12,14,16,23-24,26,29,33H,4-5,8-9,13,15H2,1-3H3,(H,30,31). The van der Waals surface area contributed by atoms with Crippen LogP contribution in [0.15, 0.2) is 36.4 Å². The van der Waals surface area contributed by atoms with E-state index in [0.717, 1.165) is 36.6 Å². The summed E-state index contributed by atoms with van der Waals surface area (Å²) in [7, 11) is 0. The lowest BCUT2D eigenvalue weighted by Crippen LogP contribution is -2.46. The van der Waals surface area contributed by atoms with Gasteiger partial charge in [0, 0.05) is 48.9 Å². The van der Waals surface area contributed by atoms with Gasteiger partial charge in [0.15, 0.2) is 0 Å². The number of hydrogen-bond donors (Lipinski definition) is 3. The molecule has 0 spiro atoms. The van der Waals surface area contributed by atoms with Crippen LogP contribution in [0.5, 0.6) is 5.75 Å². The molecule has 0 fully saturated rings. The Kier molecular flexibility index (Phi) is 9.15. The van der Waals surface area contributed by atoms with Gasteiger partial charge in [0.2, 0.25) is 5.91 Å². The summed E-state index contributed by atoms with van der Waals surface area (Å²) in [5.74, 6) is 0.0759. The smallest absolute Gasteiger partial charge is 0.217 e. The summed E-state index contributed by atoms with van der Waals surface area (Å²) in [6.07, 6.45) is 3.28. The first-order valence-electron chi connectivity index (χ1n) is 11.6. The Morgan fingerprint density at radius 2 is 1.88 bits per heavy atom. The van der Waals surface area contributed by atoms with E-state index in [-0.39, 0.29) is 29.7 Å². The van der Waals surface area contributed by atoms with Crippen molar-refractivity contribution in [2.24, 2.45) is 5.92 Å². The summed E-state index contributed by atoms with van der Waals surface area (Å²) in [6, 6.07) is 9.57. The van der Waals surface area contributed by atoms with Crippen LogP contribution >= 0.6 is 12.6 Å². The molecule has 3 atom stereocenters. The Bertz CT molecular complexity index is 934. The molecule has 33 heavy (non-hydrogen) atoms.